The molecule has 0 bridgehead atoms. The van der Waals surface area contributed by atoms with Crippen LogP contribution in [0.25, 0.3) is 0 Å². The average molecular weight is 304 g/mol. The molecule has 2 aliphatic rings. The van der Waals surface area contributed by atoms with E-state index >= 15 is 0 Å². The van der Waals surface area contributed by atoms with Gasteiger partial charge in [-0.3, -0.25) is 9.59 Å². The Hall–Kier alpha value is -1.84. The summed E-state index contributed by atoms with van der Waals surface area (Å²) in [7, 11) is 2.59. The van der Waals surface area contributed by atoms with Crippen molar-refractivity contribution in [1.29, 1.82) is 0 Å². The minimum absolute atomic E-state index is 0.332. The Balaban J connectivity index is 2.43. The van der Waals surface area contributed by atoms with Crippen molar-refractivity contribution < 1.29 is 19.1 Å². The zero-order valence-corrected chi connectivity index (χ0v) is 13.4. The summed E-state index contributed by atoms with van der Waals surface area (Å²) in [6.45, 7) is 4.15. The molecular formula is C18H24O4. The third-order valence-electron chi connectivity index (χ3n) is 4.67. The molecule has 0 aromatic rings. The van der Waals surface area contributed by atoms with Crippen molar-refractivity contribution in [3.63, 3.8) is 0 Å². The number of methoxy groups -OCH3 is 2. The van der Waals surface area contributed by atoms with Gasteiger partial charge in [0.05, 0.1) is 14.2 Å². The summed E-state index contributed by atoms with van der Waals surface area (Å²) < 4.78 is 9.70. The van der Waals surface area contributed by atoms with Gasteiger partial charge in [-0.25, -0.2) is 0 Å². The average Bonchev–Trinajstić information content (AvgIpc) is 2.74. The molecule has 0 heterocycles. The van der Waals surface area contributed by atoms with Crippen molar-refractivity contribution >= 4 is 11.9 Å². The van der Waals surface area contributed by atoms with Crippen LogP contribution < -0.4 is 0 Å². The minimum Gasteiger partial charge on any atom is -0.468 e. The number of carbonyl (C=O) groups excluding carboxylic acids is 2. The van der Waals surface area contributed by atoms with Gasteiger partial charge < -0.3 is 9.47 Å². The molecule has 22 heavy (non-hydrogen) atoms. The highest BCUT2D eigenvalue weighted by Crippen LogP contribution is 2.39. The SMILES string of the molecule is C=C1CCC(C(=O)OC)(C(=O)OC)C=CC1=C1CCCCC1. The predicted molar refractivity (Wildman–Crippen MR) is 84.1 cm³/mol. The van der Waals surface area contributed by atoms with Gasteiger partial charge in [-0.05, 0) is 49.7 Å². The van der Waals surface area contributed by atoms with E-state index in [2.05, 4.69) is 6.58 Å². The summed E-state index contributed by atoms with van der Waals surface area (Å²) in [5.41, 5.74) is 2.12. The van der Waals surface area contributed by atoms with Gasteiger partial charge in [0, 0.05) is 0 Å². The Morgan fingerprint density at radius 2 is 1.64 bits per heavy atom. The van der Waals surface area contributed by atoms with Gasteiger partial charge in [0.2, 0.25) is 0 Å². The highest BCUT2D eigenvalue weighted by Gasteiger charge is 2.47. The van der Waals surface area contributed by atoms with Crippen LogP contribution in [0.4, 0.5) is 0 Å². The molecule has 0 atom stereocenters. The Labute approximate surface area is 131 Å². The second-order valence-corrected chi connectivity index (χ2v) is 5.97. The summed E-state index contributed by atoms with van der Waals surface area (Å²) in [5, 5.41) is 0. The molecule has 0 aromatic carbocycles. The maximum Gasteiger partial charge on any atom is 0.327 e. The topological polar surface area (TPSA) is 52.6 Å². The molecule has 0 aliphatic heterocycles. The lowest BCUT2D eigenvalue weighted by Gasteiger charge is -2.23. The first-order valence-electron chi connectivity index (χ1n) is 7.81. The summed E-state index contributed by atoms with van der Waals surface area (Å²) >= 11 is 0. The molecule has 0 saturated heterocycles. The first-order valence-corrected chi connectivity index (χ1v) is 7.81. The van der Waals surface area contributed by atoms with Crippen LogP contribution in [-0.4, -0.2) is 26.2 Å². The third kappa shape index (κ3) is 3.01. The summed E-state index contributed by atoms with van der Waals surface area (Å²) in [4.78, 5) is 24.4. The van der Waals surface area contributed by atoms with Crippen LogP contribution >= 0.6 is 0 Å². The largest absolute Gasteiger partial charge is 0.468 e. The van der Waals surface area contributed by atoms with Crippen LogP contribution in [0.2, 0.25) is 0 Å². The van der Waals surface area contributed by atoms with Crippen molar-refractivity contribution in [1.82, 2.24) is 0 Å². The summed E-state index contributed by atoms with van der Waals surface area (Å²) in [6, 6.07) is 0. The van der Waals surface area contributed by atoms with E-state index in [1.165, 1.54) is 39.1 Å². The maximum atomic E-state index is 12.2. The highest BCUT2D eigenvalue weighted by atomic mass is 16.5. The molecule has 1 saturated carbocycles. The van der Waals surface area contributed by atoms with Gasteiger partial charge in [0.25, 0.3) is 0 Å². The predicted octanol–water partition coefficient (Wildman–Crippen LogP) is 3.49. The van der Waals surface area contributed by atoms with E-state index in [0.29, 0.717) is 12.8 Å². The number of rotatable bonds is 2. The normalized spacial score (nSPS) is 21.3. The molecular weight excluding hydrogens is 280 g/mol. The maximum absolute atomic E-state index is 12.2. The van der Waals surface area contributed by atoms with Crippen LogP contribution in [0.15, 0.2) is 35.5 Å². The molecule has 0 unspecified atom stereocenters. The van der Waals surface area contributed by atoms with Crippen LogP contribution in [0, 0.1) is 5.41 Å². The lowest BCUT2D eigenvalue weighted by atomic mass is 9.83. The molecule has 120 valence electrons. The molecule has 0 radical (unpaired) electrons. The number of ether oxygens (including phenoxy) is 2. The van der Waals surface area contributed by atoms with Crippen LogP contribution in [0.1, 0.15) is 44.9 Å². The van der Waals surface area contributed by atoms with E-state index in [1.54, 1.807) is 6.08 Å². The van der Waals surface area contributed by atoms with Gasteiger partial charge >= 0.3 is 11.9 Å². The van der Waals surface area contributed by atoms with E-state index in [1.807, 2.05) is 6.08 Å². The first-order chi connectivity index (χ1) is 10.5. The Bertz CT molecular complexity index is 515. The Morgan fingerprint density at radius 1 is 1.05 bits per heavy atom. The van der Waals surface area contributed by atoms with Crippen LogP contribution in [-0.2, 0) is 19.1 Å². The molecule has 4 heteroatoms. The highest BCUT2D eigenvalue weighted by molar-refractivity contribution is 6.02. The molecule has 0 spiro atoms. The van der Waals surface area contributed by atoms with E-state index < -0.39 is 17.4 Å². The third-order valence-corrected chi connectivity index (χ3v) is 4.67. The van der Waals surface area contributed by atoms with E-state index in [4.69, 9.17) is 9.47 Å². The molecule has 0 amide bonds. The fourth-order valence-electron chi connectivity index (χ4n) is 3.31. The van der Waals surface area contributed by atoms with E-state index in [0.717, 1.165) is 24.0 Å². The fourth-order valence-corrected chi connectivity index (χ4v) is 3.31. The molecule has 0 aromatic heterocycles. The standard InChI is InChI=1S/C18H24O4/c1-13-9-11-18(16(19)21-2,17(20)22-3)12-10-15(13)14-7-5-4-6-8-14/h10,12H,1,4-9,11H2,2-3H3. The second kappa shape index (κ2) is 6.95. The Morgan fingerprint density at radius 3 is 2.18 bits per heavy atom. The van der Waals surface area contributed by atoms with E-state index in [-0.39, 0.29) is 0 Å². The number of esters is 2. The smallest absolute Gasteiger partial charge is 0.327 e. The lowest BCUT2D eigenvalue weighted by Crippen LogP contribution is -2.39. The van der Waals surface area contributed by atoms with Crippen LogP contribution in [0.5, 0.6) is 0 Å². The summed E-state index contributed by atoms with van der Waals surface area (Å²) in [5.74, 6) is -1.14. The number of carbonyl (C=O) groups is 2. The van der Waals surface area contributed by atoms with Gasteiger partial charge in [0.15, 0.2) is 5.41 Å². The van der Waals surface area contributed by atoms with Gasteiger partial charge in [-0.15, -0.1) is 0 Å². The molecule has 2 aliphatic carbocycles. The monoisotopic (exact) mass is 304 g/mol. The van der Waals surface area contributed by atoms with Gasteiger partial charge in [-0.2, -0.15) is 0 Å². The van der Waals surface area contributed by atoms with E-state index in [9.17, 15) is 9.59 Å². The van der Waals surface area contributed by atoms with Gasteiger partial charge in [0.1, 0.15) is 0 Å². The zero-order valence-electron chi connectivity index (χ0n) is 13.4. The van der Waals surface area contributed by atoms with Crippen LogP contribution in [0.3, 0.4) is 0 Å². The first kappa shape index (κ1) is 16.5. The molecule has 0 N–H and O–H groups in total. The summed E-state index contributed by atoms with van der Waals surface area (Å²) in [6.07, 6.45) is 10.2. The van der Waals surface area contributed by atoms with Crippen molar-refractivity contribution in [3.8, 4) is 0 Å². The molecule has 4 nitrogen and oxygen atoms in total. The number of hydrogen-bond acceptors (Lipinski definition) is 4. The number of hydrogen-bond donors (Lipinski definition) is 0. The molecule has 1 fully saturated rings. The van der Waals surface area contributed by atoms with Crippen molar-refractivity contribution in [2.75, 3.05) is 14.2 Å². The Kier molecular flexibility index (Phi) is 5.22. The molecule has 2 rings (SSSR count). The minimum atomic E-state index is -1.36. The van der Waals surface area contributed by atoms with Crippen molar-refractivity contribution in [2.24, 2.45) is 5.41 Å². The van der Waals surface area contributed by atoms with Gasteiger partial charge in [-0.1, -0.05) is 30.7 Å². The lowest BCUT2D eigenvalue weighted by molar-refractivity contribution is -0.165. The quantitative estimate of drug-likeness (QED) is 0.579. The van der Waals surface area contributed by atoms with Crippen molar-refractivity contribution in [2.45, 2.75) is 44.9 Å². The van der Waals surface area contributed by atoms with Crippen molar-refractivity contribution in [3.05, 3.63) is 35.5 Å². The number of allylic oxidation sites excluding steroid dienone is 4. The second-order valence-electron chi connectivity index (χ2n) is 5.97. The fraction of sp³-hybridized carbons (Fsp3) is 0.556. The zero-order chi connectivity index (χ0) is 16.2.